The molecule has 0 aliphatic carbocycles. The Morgan fingerprint density at radius 3 is 2.50 bits per heavy atom. The van der Waals surface area contributed by atoms with E-state index in [1.807, 2.05) is 30.7 Å². The Hall–Kier alpha value is -1.61. The fourth-order valence-electron chi connectivity index (χ4n) is 2.47. The summed E-state index contributed by atoms with van der Waals surface area (Å²) in [4.78, 5) is 0. The summed E-state index contributed by atoms with van der Waals surface area (Å²) in [5.41, 5.74) is 6.57. The Morgan fingerprint density at radius 1 is 1.22 bits per heavy atom. The summed E-state index contributed by atoms with van der Waals surface area (Å²) in [5, 5.41) is 14.1. The highest BCUT2D eigenvalue weighted by Gasteiger charge is 2.13. The maximum absolute atomic E-state index is 9.49. The second-order valence-corrected chi connectivity index (χ2v) is 4.71. The van der Waals surface area contributed by atoms with E-state index in [0.717, 1.165) is 34.6 Å². The van der Waals surface area contributed by atoms with Crippen LogP contribution in [0.15, 0.2) is 18.2 Å². The second-order valence-electron chi connectivity index (χ2n) is 4.71. The van der Waals surface area contributed by atoms with E-state index in [1.54, 1.807) is 0 Å². The average molecular weight is 244 g/mol. The molecule has 0 spiro atoms. The van der Waals surface area contributed by atoms with Crippen LogP contribution in [0.25, 0.3) is 5.69 Å². The zero-order valence-corrected chi connectivity index (χ0v) is 11.5. The van der Waals surface area contributed by atoms with Gasteiger partial charge < -0.3 is 5.11 Å². The fraction of sp³-hybridized carbons (Fsp3) is 0.400. The smallest absolute Gasteiger partial charge is 0.0704 e. The summed E-state index contributed by atoms with van der Waals surface area (Å²) < 4.78 is 1.94. The minimum atomic E-state index is 0.0385. The van der Waals surface area contributed by atoms with Gasteiger partial charge in [-0.05, 0) is 38.8 Å². The number of aromatic nitrogens is 2. The zero-order chi connectivity index (χ0) is 13.3. The number of aliphatic hydroxyl groups excluding tert-OH is 1. The molecule has 0 aliphatic rings. The van der Waals surface area contributed by atoms with Crippen LogP contribution in [0, 0.1) is 20.8 Å². The molecule has 0 saturated heterocycles. The van der Waals surface area contributed by atoms with Gasteiger partial charge in [-0.3, -0.25) is 0 Å². The molecule has 0 radical (unpaired) electrons. The monoisotopic (exact) mass is 244 g/mol. The van der Waals surface area contributed by atoms with Crippen molar-refractivity contribution in [1.82, 2.24) is 9.78 Å². The first-order chi connectivity index (χ1) is 8.58. The molecule has 0 amide bonds. The lowest BCUT2D eigenvalue weighted by Crippen LogP contribution is -2.04. The van der Waals surface area contributed by atoms with Gasteiger partial charge in [0.05, 0.1) is 18.0 Å². The van der Waals surface area contributed by atoms with E-state index >= 15 is 0 Å². The number of hydrogen-bond acceptors (Lipinski definition) is 2. The first-order valence-electron chi connectivity index (χ1n) is 6.34. The predicted molar refractivity (Wildman–Crippen MR) is 73.1 cm³/mol. The molecule has 1 aromatic carbocycles. The first kappa shape index (κ1) is 12.8. The molecule has 0 aliphatic heterocycles. The number of benzene rings is 1. The maximum atomic E-state index is 9.49. The number of rotatable bonds is 3. The number of aliphatic hydroxyl groups is 1. The second kappa shape index (κ2) is 4.94. The van der Waals surface area contributed by atoms with Gasteiger partial charge >= 0.3 is 0 Å². The predicted octanol–water partition coefficient (Wildman–Crippen LogP) is 2.85. The normalized spacial score (nSPS) is 10.9. The third-order valence-corrected chi connectivity index (χ3v) is 3.43. The van der Waals surface area contributed by atoms with Gasteiger partial charge in [0.1, 0.15) is 0 Å². The van der Waals surface area contributed by atoms with Gasteiger partial charge in [0.15, 0.2) is 0 Å². The van der Waals surface area contributed by atoms with E-state index in [1.165, 1.54) is 5.56 Å². The van der Waals surface area contributed by atoms with Gasteiger partial charge in [-0.25, -0.2) is 4.68 Å². The zero-order valence-electron chi connectivity index (χ0n) is 11.5. The van der Waals surface area contributed by atoms with Crippen molar-refractivity contribution in [3.05, 3.63) is 46.3 Å². The molecule has 18 heavy (non-hydrogen) atoms. The van der Waals surface area contributed by atoms with E-state index in [2.05, 4.69) is 25.0 Å². The summed E-state index contributed by atoms with van der Waals surface area (Å²) in [5.74, 6) is 0. The molecule has 0 fully saturated rings. The van der Waals surface area contributed by atoms with Gasteiger partial charge in [-0.2, -0.15) is 5.10 Å². The van der Waals surface area contributed by atoms with Crippen molar-refractivity contribution in [1.29, 1.82) is 0 Å². The van der Waals surface area contributed by atoms with E-state index in [4.69, 9.17) is 0 Å². The number of aryl methyl sites for hydroxylation is 2. The molecule has 1 aromatic heterocycles. The summed E-state index contributed by atoms with van der Waals surface area (Å²) in [6.45, 7) is 8.33. The summed E-state index contributed by atoms with van der Waals surface area (Å²) in [7, 11) is 0. The topological polar surface area (TPSA) is 38.0 Å². The van der Waals surface area contributed by atoms with Crippen molar-refractivity contribution >= 4 is 0 Å². The van der Waals surface area contributed by atoms with Crippen molar-refractivity contribution in [2.45, 2.75) is 40.7 Å². The van der Waals surface area contributed by atoms with Crippen molar-refractivity contribution in [2.24, 2.45) is 0 Å². The largest absolute Gasteiger partial charge is 0.392 e. The van der Waals surface area contributed by atoms with Crippen LogP contribution < -0.4 is 0 Å². The van der Waals surface area contributed by atoms with Crippen molar-refractivity contribution in [3.63, 3.8) is 0 Å². The number of nitrogens with zero attached hydrogens (tertiary/aromatic N) is 2. The highest BCUT2D eigenvalue weighted by atomic mass is 16.3. The summed E-state index contributed by atoms with van der Waals surface area (Å²) >= 11 is 0. The molecule has 2 rings (SSSR count). The van der Waals surface area contributed by atoms with Gasteiger partial charge in [-0.15, -0.1) is 0 Å². The van der Waals surface area contributed by atoms with Crippen LogP contribution in [0.5, 0.6) is 0 Å². The fourth-order valence-corrected chi connectivity index (χ4v) is 2.47. The minimum absolute atomic E-state index is 0.0385. The molecule has 3 heteroatoms. The lowest BCUT2D eigenvalue weighted by Gasteiger charge is -2.10. The van der Waals surface area contributed by atoms with Gasteiger partial charge in [-0.1, -0.05) is 24.6 Å². The Labute approximate surface area is 108 Å². The molecule has 1 heterocycles. The van der Waals surface area contributed by atoms with Gasteiger partial charge in [0.2, 0.25) is 0 Å². The van der Waals surface area contributed by atoms with Crippen molar-refractivity contribution in [2.75, 3.05) is 0 Å². The molecule has 0 bridgehead atoms. The third-order valence-electron chi connectivity index (χ3n) is 3.43. The Morgan fingerprint density at radius 2 is 1.94 bits per heavy atom. The molecule has 0 atom stereocenters. The first-order valence-corrected chi connectivity index (χ1v) is 6.34. The molecular weight excluding hydrogens is 224 g/mol. The molecule has 0 saturated carbocycles. The van der Waals surface area contributed by atoms with E-state index in [-0.39, 0.29) is 6.61 Å². The van der Waals surface area contributed by atoms with Crippen LogP contribution in [0.1, 0.15) is 35.0 Å². The van der Waals surface area contributed by atoms with Crippen LogP contribution in [0.4, 0.5) is 0 Å². The quantitative estimate of drug-likeness (QED) is 0.901. The SMILES string of the molecule is CCc1c(C)nn(-c2ccc(C)cc2CO)c1C. The molecule has 2 aromatic rings. The minimum Gasteiger partial charge on any atom is -0.392 e. The third kappa shape index (κ3) is 2.06. The average Bonchev–Trinajstić information content (AvgIpc) is 2.64. The summed E-state index contributed by atoms with van der Waals surface area (Å²) in [6.07, 6.45) is 0.984. The van der Waals surface area contributed by atoms with Gasteiger partial charge in [0.25, 0.3) is 0 Å². The number of hydrogen-bond donors (Lipinski definition) is 1. The molecule has 96 valence electrons. The van der Waals surface area contributed by atoms with Crippen LogP contribution in [-0.2, 0) is 13.0 Å². The van der Waals surface area contributed by atoms with Gasteiger partial charge in [0, 0.05) is 11.3 Å². The summed E-state index contributed by atoms with van der Waals surface area (Å²) in [6, 6.07) is 6.09. The highest BCUT2D eigenvalue weighted by Crippen LogP contribution is 2.22. The van der Waals surface area contributed by atoms with E-state index in [0.29, 0.717) is 0 Å². The van der Waals surface area contributed by atoms with Crippen LogP contribution in [0.2, 0.25) is 0 Å². The van der Waals surface area contributed by atoms with Crippen molar-refractivity contribution in [3.8, 4) is 5.69 Å². The highest BCUT2D eigenvalue weighted by molar-refractivity contribution is 5.45. The Balaban J connectivity index is 2.62. The standard InChI is InChI=1S/C15H20N2O/c1-5-14-11(3)16-17(12(14)4)15-7-6-10(2)8-13(15)9-18/h6-8,18H,5,9H2,1-4H3. The Kier molecular flexibility index (Phi) is 3.53. The van der Waals surface area contributed by atoms with Crippen LogP contribution >= 0.6 is 0 Å². The maximum Gasteiger partial charge on any atom is 0.0704 e. The van der Waals surface area contributed by atoms with Crippen LogP contribution in [-0.4, -0.2) is 14.9 Å². The molecule has 1 N–H and O–H groups in total. The molecular formula is C15H20N2O. The van der Waals surface area contributed by atoms with Crippen LogP contribution in [0.3, 0.4) is 0 Å². The molecule has 3 nitrogen and oxygen atoms in total. The Bertz CT molecular complexity index is 570. The molecule has 0 unspecified atom stereocenters. The lowest BCUT2D eigenvalue weighted by atomic mass is 10.1. The lowest BCUT2D eigenvalue weighted by molar-refractivity contribution is 0.281. The van der Waals surface area contributed by atoms with E-state index < -0.39 is 0 Å². The van der Waals surface area contributed by atoms with Crippen molar-refractivity contribution < 1.29 is 5.11 Å². The van der Waals surface area contributed by atoms with E-state index in [9.17, 15) is 5.11 Å².